The van der Waals surface area contributed by atoms with Gasteiger partial charge >= 0.3 is 29.6 Å². The minimum atomic E-state index is -0.546. The van der Waals surface area contributed by atoms with Gasteiger partial charge in [0.2, 0.25) is 0 Å². The topological polar surface area (TPSA) is 67.2 Å². The van der Waals surface area contributed by atoms with E-state index in [1.165, 1.54) is 13.2 Å². The Balaban J connectivity index is 0.00000128. The molecule has 74 valence electrons. The molecule has 0 heterocycles. The van der Waals surface area contributed by atoms with E-state index in [2.05, 4.69) is 0 Å². The van der Waals surface area contributed by atoms with Crippen LogP contribution in [0.2, 0.25) is 0 Å². The number of ether oxygens (including phenoxy) is 1. The second-order valence-corrected chi connectivity index (χ2v) is 3.03. The molecule has 0 aromatic heterocycles. The van der Waals surface area contributed by atoms with Crippen molar-refractivity contribution in [3.05, 3.63) is 35.2 Å². The number of carbonyl (C=O) groups excluding carboxylic acids is 2. The Bertz CT molecular complexity index is 504. The van der Waals surface area contributed by atoms with E-state index in [0.717, 1.165) is 0 Å². The van der Waals surface area contributed by atoms with E-state index in [1.807, 2.05) is 0 Å². The summed E-state index contributed by atoms with van der Waals surface area (Å²) in [7, 11) is 1.41. The van der Waals surface area contributed by atoms with Crippen molar-refractivity contribution in [1.82, 2.24) is 0 Å². The van der Waals surface area contributed by atoms with Crippen LogP contribution in [0.5, 0.6) is 5.75 Å². The Hall–Kier alpha value is -1.28. The van der Waals surface area contributed by atoms with Crippen LogP contribution in [-0.2, 0) is 0 Å². The van der Waals surface area contributed by atoms with E-state index >= 15 is 0 Å². The number of hydrogen-bond donors (Lipinski definition) is 0. The number of ketones is 2. The molecule has 0 N–H and O–H groups in total. The summed E-state index contributed by atoms with van der Waals surface area (Å²) in [6.07, 6.45) is 0. The van der Waals surface area contributed by atoms with E-state index in [4.69, 9.17) is 10.00 Å². The predicted octanol–water partition coefficient (Wildman–Crippen LogP) is -1.82. The van der Waals surface area contributed by atoms with E-state index in [-0.39, 0.29) is 46.6 Å². The maximum absolute atomic E-state index is 11.7. The van der Waals surface area contributed by atoms with Crippen LogP contribution >= 0.6 is 0 Å². The SMILES string of the molecule is COc1cccc2c1C(=O)[C-](C#N)C2=O.[Na+]. The maximum Gasteiger partial charge on any atom is 1.00 e. The molecule has 0 radical (unpaired) electrons. The summed E-state index contributed by atoms with van der Waals surface area (Å²) in [6, 6.07) is 6.34. The van der Waals surface area contributed by atoms with Gasteiger partial charge in [-0.25, -0.2) is 5.26 Å². The molecule has 1 aromatic carbocycles. The predicted molar refractivity (Wildman–Crippen MR) is 50.5 cm³/mol. The molecule has 0 spiro atoms. The number of rotatable bonds is 1. The summed E-state index contributed by atoms with van der Waals surface area (Å²) < 4.78 is 4.97. The van der Waals surface area contributed by atoms with Crippen molar-refractivity contribution >= 4 is 11.6 Å². The number of Topliss-reactive ketones (excluding diaryl/α,β-unsaturated/α-hetero) is 2. The molecule has 0 unspecified atom stereocenters. The van der Waals surface area contributed by atoms with Crippen molar-refractivity contribution in [2.24, 2.45) is 0 Å². The van der Waals surface area contributed by atoms with Gasteiger partial charge < -0.3 is 14.3 Å². The third-order valence-corrected chi connectivity index (χ3v) is 2.28. The first-order chi connectivity index (χ1) is 7.20. The summed E-state index contributed by atoms with van der Waals surface area (Å²) in [5, 5.41) is 8.67. The van der Waals surface area contributed by atoms with Gasteiger partial charge in [-0.1, -0.05) is 11.6 Å². The fourth-order valence-electron chi connectivity index (χ4n) is 1.59. The largest absolute Gasteiger partial charge is 1.00 e. The molecule has 0 bridgehead atoms. The molecule has 4 nitrogen and oxygen atoms in total. The average molecular weight is 223 g/mol. The molecule has 0 amide bonds. The standard InChI is InChI=1S/C11H6NO3.Na/c1-15-8-4-2-3-6-9(8)11(14)7(5-12)10(6)13;/h2-4H,1H3;/q-1;+1. The zero-order valence-corrected chi connectivity index (χ0v) is 10.9. The number of carbonyl (C=O) groups is 2. The molecule has 1 aromatic rings. The Kier molecular flexibility index (Phi) is 3.76. The fourth-order valence-corrected chi connectivity index (χ4v) is 1.59. The molecular weight excluding hydrogens is 217 g/mol. The van der Waals surface area contributed by atoms with Gasteiger partial charge in [0.1, 0.15) is 0 Å². The molecule has 0 fully saturated rings. The third kappa shape index (κ3) is 1.63. The monoisotopic (exact) mass is 223 g/mol. The number of methoxy groups -OCH3 is 1. The Labute approximate surface area is 114 Å². The minimum Gasteiger partial charge on any atom is -0.510 e. The van der Waals surface area contributed by atoms with Crippen LogP contribution in [0.4, 0.5) is 0 Å². The van der Waals surface area contributed by atoms with Gasteiger partial charge in [-0.2, -0.15) is 0 Å². The molecule has 1 aliphatic carbocycles. The van der Waals surface area contributed by atoms with Gasteiger partial charge in [-0.05, 0) is 6.07 Å². The van der Waals surface area contributed by atoms with Crippen molar-refractivity contribution in [2.45, 2.75) is 0 Å². The summed E-state index contributed by atoms with van der Waals surface area (Å²) in [5.41, 5.74) is 0.442. The number of nitriles is 1. The Morgan fingerprint density at radius 3 is 2.56 bits per heavy atom. The van der Waals surface area contributed by atoms with Gasteiger partial charge in [-0.3, -0.25) is 0 Å². The molecule has 2 rings (SSSR count). The van der Waals surface area contributed by atoms with Crippen LogP contribution in [0.25, 0.3) is 0 Å². The third-order valence-electron chi connectivity index (χ3n) is 2.28. The van der Waals surface area contributed by atoms with Gasteiger partial charge in [0.15, 0.2) is 0 Å². The minimum absolute atomic E-state index is 0. The summed E-state index contributed by atoms with van der Waals surface area (Å²) in [4.78, 5) is 23.2. The van der Waals surface area contributed by atoms with Crippen LogP contribution in [0.1, 0.15) is 20.7 Å². The molecule has 0 aliphatic heterocycles. The number of fused-ring (bicyclic) bond motifs is 1. The van der Waals surface area contributed by atoms with Gasteiger partial charge in [0.25, 0.3) is 0 Å². The number of nitrogens with zero attached hydrogens (tertiary/aromatic N) is 1. The maximum atomic E-state index is 11.7. The first kappa shape index (κ1) is 12.8. The van der Waals surface area contributed by atoms with E-state index < -0.39 is 11.6 Å². The normalized spacial score (nSPS) is 12.9. The summed E-state index contributed by atoms with van der Waals surface area (Å²) in [5.74, 6) is -1.07. The zero-order chi connectivity index (χ0) is 11.0. The van der Waals surface area contributed by atoms with Crippen LogP contribution < -0.4 is 34.3 Å². The van der Waals surface area contributed by atoms with E-state index in [0.29, 0.717) is 5.75 Å². The van der Waals surface area contributed by atoms with Crippen LogP contribution in [0.15, 0.2) is 18.2 Å². The van der Waals surface area contributed by atoms with Gasteiger partial charge in [-0.15, -0.1) is 11.6 Å². The first-order valence-corrected chi connectivity index (χ1v) is 4.24. The van der Waals surface area contributed by atoms with Crippen LogP contribution in [0, 0.1) is 17.2 Å². The van der Waals surface area contributed by atoms with E-state index in [9.17, 15) is 9.59 Å². The molecule has 0 atom stereocenters. The Morgan fingerprint density at radius 2 is 2.00 bits per heavy atom. The summed E-state index contributed by atoms with van der Waals surface area (Å²) >= 11 is 0. The molecule has 16 heavy (non-hydrogen) atoms. The number of benzene rings is 1. The molecule has 1 aliphatic rings. The zero-order valence-electron chi connectivity index (χ0n) is 8.90. The van der Waals surface area contributed by atoms with Crippen molar-refractivity contribution in [3.63, 3.8) is 0 Å². The summed E-state index contributed by atoms with van der Waals surface area (Å²) in [6.45, 7) is 0. The van der Waals surface area contributed by atoms with Crippen LogP contribution in [-0.4, -0.2) is 18.7 Å². The quantitative estimate of drug-likeness (QED) is 0.415. The van der Waals surface area contributed by atoms with E-state index in [1.54, 1.807) is 18.2 Å². The van der Waals surface area contributed by atoms with Crippen LogP contribution in [0.3, 0.4) is 0 Å². The Morgan fingerprint density at radius 1 is 1.31 bits per heavy atom. The van der Waals surface area contributed by atoms with Crippen molar-refractivity contribution in [2.75, 3.05) is 7.11 Å². The van der Waals surface area contributed by atoms with Crippen molar-refractivity contribution < 1.29 is 43.9 Å². The average Bonchev–Trinajstić information content (AvgIpc) is 2.51. The molecule has 5 heteroatoms. The van der Waals surface area contributed by atoms with Crippen molar-refractivity contribution in [1.29, 1.82) is 5.26 Å². The second kappa shape index (κ2) is 4.71. The second-order valence-electron chi connectivity index (χ2n) is 3.03. The molecule has 0 saturated carbocycles. The smallest absolute Gasteiger partial charge is 0.510 e. The van der Waals surface area contributed by atoms with Gasteiger partial charge in [0.05, 0.1) is 24.4 Å². The van der Waals surface area contributed by atoms with Crippen molar-refractivity contribution in [3.8, 4) is 11.8 Å². The van der Waals surface area contributed by atoms with Gasteiger partial charge in [0, 0.05) is 12.0 Å². The fraction of sp³-hybridized carbons (Fsp3) is 0.0909. The molecule has 0 saturated heterocycles. The number of hydrogen-bond acceptors (Lipinski definition) is 4. The first-order valence-electron chi connectivity index (χ1n) is 4.24. The molecular formula is C11H6NNaO3.